The third-order valence-corrected chi connectivity index (χ3v) is 4.37. The van der Waals surface area contributed by atoms with Crippen molar-refractivity contribution in [1.29, 1.82) is 0 Å². The van der Waals surface area contributed by atoms with E-state index in [1.54, 1.807) is 37.3 Å². The zero-order chi connectivity index (χ0) is 18.0. The number of nitrogens with zero attached hydrogens (tertiary/aromatic N) is 1. The Morgan fingerprint density at radius 1 is 1.36 bits per heavy atom. The second kappa shape index (κ2) is 7.23. The first-order chi connectivity index (χ1) is 12.0. The first-order valence-electron chi connectivity index (χ1n) is 7.74. The second-order valence-corrected chi connectivity index (χ2v) is 6.66. The number of hydrogen-bond acceptors (Lipinski definition) is 3. The summed E-state index contributed by atoms with van der Waals surface area (Å²) in [6.45, 7) is 1.46. The lowest BCUT2D eigenvalue weighted by molar-refractivity contribution is -0.121. The SMILES string of the molecule is C[C@H]1CC(=O)Nc2ccccc2N1C(=O)COc1ccc(Br)cc1F. The number of hydrogen-bond donors (Lipinski definition) is 1. The van der Waals surface area contributed by atoms with Crippen LogP contribution in [0.4, 0.5) is 15.8 Å². The quantitative estimate of drug-likeness (QED) is 0.844. The summed E-state index contributed by atoms with van der Waals surface area (Å²) in [6.07, 6.45) is 0.174. The van der Waals surface area contributed by atoms with Crippen LogP contribution in [0.1, 0.15) is 13.3 Å². The Morgan fingerprint density at radius 3 is 2.88 bits per heavy atom. The van der Waals surface area contributed by atoms with Crippen LogP contribution < -0.4 is 15.0 Å². The first-order valence-corrected chi connectivity index (χ1v) is 8.54. The largest absolute Gasteiger partial charge is 0.481 e. The minimum absolute atomic E-state index is 0.00140. The summed E-state index contributed by atoms with van der Waals surface area (Å²) >= 11 is 3.17. The van der Waals surface area contributed by atoms with Gasteiger partial charge in [-0.15, -0.1) is 0 Å². The molecule has 25 heavy (non-hydrogen) atoms. The van der Waals surface area contributed by atoms with Crippen molar-refractivity contribution in [2.75, 3.05) is 16.8 Å². The molecule has 5 nitrogen and oxygen atoms in total. The monoisotopic (exact) mass is 406 g/mol. The number of fused-ring (bicyclic) bond motifs is 1. The summed E-state index contributed by atoms with van der Waals surface area (Å²) in [4.78, 5) is 26.2. The van der Waals surface area contributed by atoms with Crippen molar-refractivity contribution in [3.63, 3.8) is 0 Å². The number of carbonyl (C=O) groups excluding carboxylic acids is 2. The fourth-order valence-corrected chi connectivity index (χ4v) is 3.10. The average molecular weight is 407 g/mol. The molecule has 0 saturated heterocycles. The van der Waals surface area contributed by atoms with Gasteiger partial charge in [0.05, 0.1) is 11.4 Å². The van der Waals surface area contributed by atoms with E-state index in [0.29, 0.717) is 15.8 Å². The summed E-state index contributed by atoms with van der Waals surface area (Å²) < 4.78 is 19.8. The highest BCUT2D eigenvalue weighted by molar-refractivity contribution is 9.10. The van der Waals surface area contributed by atoms with Crippen molar-refractivity contribution in [2.45, 2.75) is 19.4 Å². The third kappa shape index (κ3) is 3.82. The van der Waals surface area contributed by atoms with Crippen LogP contribution >= 0.6 is 15.9 Å². The molecule has 2 amide bonds. The van der Waals surface area contributed by atoms with E-state index in [2.05, 4.69) is 21.2 Å². The maximum absolute atomic E-state index is 13.8. The Morgan fingerprint density at radius 2 is 2.12 bits per heavy atom. The third-order valence-electron chi connectivity index (χ3n) is 3.87. The number of halogens is 2. The molecule has 0 radical (unpaired) electrons. The number of benzene rings is 2. The first kappa shape index (κ1) is 17.4. The van der Waals surface area contributed by atoms with E-state index in [0.717, 1.165) is 0 Å². The topological polar surface area (TPSA) is 58.6 Å². The van der Waals surface area contributed by atoms with E-state index in [1.807, 2.05) is 0 Å². The lowest BCUT2D eigenvalue weighted by atomic mass is 10.1. The molecule has 0 aliphatic carbocycles. The Hall–Kier alpha value is -2.41. The van der Waals surface area contributed by atoms with Gasteiger partial charge in [0.2, 0.25) is 5.91 Å². The lowest BCUT2D eigenvalue weighted by Crippen LogP contribution is -2.41. The van der Waals surface area contributed by atoms with E-state index in [-0.39, 0.29) is 36.6 Å². The highest BCUT2D eigenvalue weighted by atomic mass is 79.9. The highest BCUT2D eigenvalue weighted by Gasteiger charge is 2.29. The van der Waals surface area contributed by atoms with Gasteiger partial charge in [-0.2, -0.15) is 0 Å². The van der Waals surface area contributed by atoms with Crippen LogP contribution in [-0.2, 0) is 9.59 Å². The summed E-state index contributed by atoms with van der Waals surface area (Å²) in [5, 5.41) is 2.79. The smallest absolute Gasteiger partial charge is 0.265 e. The maximum atomic E-state index is 13.8. The summed E-state index contributed by atoms with van der Waals surface area (Å²) in [5.74, 6) is -1.06. The summed E-state index contributed by atoms with van der Waals surface area (Å²) in [7, 11) is 0. The highest BCUT2D eigenvalue weighted by Crippen LogP contribution is 2.31. The van der Waals surface area contributed by atoms with Gasteiger partial charge < -0.3 is 15.0 Å². The number of ether oxygens (including phenoxy) is 1. The minimum Gasteiger partial charge on any atom is -0.481 e. The number of rotatable bonds is 3. The van der Waals surface area contributed by atoms with Crippen molar-refractivity contribution >= 4 is 39.1 Å². The number of para-hydroxylation sites is 2. The van der Waals surface area contributed by atoms with Crippen LogP contribution in [0.2, 0.25) is 0 Å². The molecule has 1 heterocycles. The molecule has 130 valence electrons. The van der Waals surface area contributed by atoms with E-state index < -0.39 is 5.82 Å². The number of nitrogens with one attached hydrogen (secondary N) is 1. The van der Waals surface area contributed by atoms with Crippen LogP contribution in [0.3, 0.4) is 0 Å². The molecule has 0 unspecified atom stereocenters. The number of anilines is 2. The molecule has 1 aliphatic rings. The van der Waals surface area contributed by atoms with Gasteiger partial charge in [0, 0.05) is 16.9 Å². The Kier molecular flexibility index (Phi) is 5.03. The van der Waals surface area contributed by atoms with E-state index in [4.69, 9.17) is 4.74 Å². The van der Waals surface area contributed by atoms with Gasteiger partial charge in [-0.1, -0.05) is 28.1 Å². The van der Waals surface area contributed by atoms with Crippen molar-refractivity contribution in [3.05, 3.63) is 52.8 Å². The molecular formula is C18H16BrFN2O3. The van der Waals surface area contributed by atoms with E-state index in [9.17, 15) is 14.0 Å². The molecule has 0 aromatic heterocycles. The molecular weight excluding hydrogens is 391 g/mol. The Balaban J connectivity index is 1.81. The van der Waals surface area contributed by atoms with Crippen molar-refractivity contribution in [1.82, 2.24) is 0 Å². The standard InChI is InChI=1S/C18H16BrFN2O3/c1-11-8-17(23)21-14-4-2-3-5-15(14)22(11)18(24)10-25-16-7-6-12(19)9-13(16)20/h2-7,9,11H,8,10H2,1H3,(H,21,23)/t11-/m0/s1. The zero-order valence-electron chi connectivity index (χ0n) is 13.5. The summed E-state index contributed by atoms with van der Waals surface area (Å²) in [5.41, 5.74) is 1.17. The lowest BCUT2D eigenvalue weighted by Gasteiger charge is -2.27. The van der Waals surface area contributed by atoms with Gasteiger partial charge in [0.1, 0.15) is 0 Å². The van der Waals surface area contributed by atoms with E-state index >= 15 is 0 Å². The molecule has 0 saturated carbocycles. The molecule has 0 spiro atoms. The Labute approximate surface area is 152 Å². The molecule has 0 bridgehead atoms. The van der Waals surface area contributed by atoms with Gasteiger partial charge >= 0.3 is 0 Å². The predicted molar refractivity (Wildman–Crippen MR) is 96.2 cm³/mol. The molecule has 0 fully saturated rings. The molecule has 7 heteroatoms. The molecule has 2 aromatic carbocycles. The van der Waals surface area contributed by atoms with Gasteiger partial charge in [-0.05, 0) is 37.3 Å². The Bertz CT molecular complexity index is 828. The summed E-state index contributed by atoms with van der Waals surface area (Å²) in [6, 6.07) is 11.1. The molecule has 3 rings (SSSR count). The molecule has 1 atom stereocenters. The second-order valence-electron chi connectivity index (χ2n) is 5.75. The minimum atomic E-state index is -0.552. The van der Waals surface area contributed by atoms with Crippen LogP contribution in [0, 0.1) is 5.82 Å². The molecule has 1 N–H and O–H groups in total. The zero-order valence-corrected chi connectivity index (χ0v) is 15.0. The van der Waals surface area contributed by atoms with Gasteiger partial charge in [0.25, 0.3) is 5.91 Å². The normalized spacial score (nSPS) is 16.7. The fourth-order valence-electron chi connectivity index (χ4n) is 2.77. The van der Waals surface area contributed by atoms with Crippen molar-refractivity contribution in [2.24, 2.45) is 0 Å². The van der Waals surface area contributed by atoms with Gasteiger partial charge in [0.15, 0.2) is 18.2 Å². The van der Waals surface area contributed by atoms with Crippen LogP contribution in [0.25, 0.3) is 0 Å². The van der Waals surface area contributed by atoms with Crippen molar-refractivity contribution in [3.8, 4) is 5.75 Å². The van der Waals surface area contributed by atoms with Crippen LogP contribution in [0.5, 0.6) is 5.75 Å². The van der Waals surface area contributed by atoms with Gasteiger partial charge in [-0.3, -0.25) is 9.59 Å². The van der Waals surface area contributed by atoms with Crippen LogP contribution in [-0.4, -0.2) is 24.5 Å². The fraction of sp³-hybridized carbons (Fsp3) is 0.222. The maximum Gasteiger partial charge on any atom is 0.265 e. The van der Waals surface area contributed by atoms with Crippen LogP contribution in [0.15, 0.2) is 46.9 Å². The number of carbonyl (C=O) groups is 2. The molecule has 2 aromatic rings. The molecule has 1 aliphatic heterocycles. The number of amides is 2. The van der Waals surface area contributed by atoms with E-state index in [1.165, 1.54) is 17.0 Å². The van der Waals surface area contributed by atoms with Crippen molar-refractivity contribution < 1.29 is 18.7 Å². The average Bonchev–Trinajstić information content (AvgIpc) is 2.68. The van der Waals surface area contributed by atoms with Gasteiger partial charge in [-0.25, -0.2) is 4.39 Å². The predicted octanol–water partition coefficient (Wildman–Crippen LogP) is 3.73.